The molecule has 0 aromatic heterocycles. The predicted octanol–water partition coefficient (Wildman–Crippen LogP) is 8.32. The molecule has 0 unspecified atom stereocenters. The summed E-state index contributed by atoms with van der Waals surface area (Å²) in [5.41, 5.74) is 8.96. The zero-order valence-corrected chi connectivity index (χ0v) is 17.8. The molecule has 0 heterocycles. The molecule has 0 heteroatoms. The van der Waals surface area contributed by atoms with E-state index in [1.165, 1.54) is 54.4 Å². The van der Waals surface area contributed by atoms with Gasteiger partial charge in [-0.25, -0.2) is 0 Å². The number of hydrogen-bond donors (Lipinski definition) is 0. The smallest absolute Gasteiger partial charge is 0.0184 e. The molecular weight excluding hydrogens is 324 g/mol. The quantitative estimate of drug-likeness (QED) is 0.409. The van der Waals surface area contributed by atoms with Gasteiger partial charge in [-0.15, -0.1) is 0 Å². The highest BCUT2D eigenvalue weighted by Gasteiger charge is 2.34. The Hall–Kier alpha value is -2.08. The second-order valence-corrected chi connectivity index (χ2v) is 8.21. The Morgan fingerprint density at radius 2 is 1.74 bits per heavy atom. The van der Waals surface area contributed by atoms with Crippen molar-refractivity contribution in [2.24, 2.45) is 5.41 Å². The minimum atomic E-state index is 0.411. The molecule has 0 saturated heterocycles. The van der Waals surface area contributed by atoms with Crippen molar-refractivity contribution in [3.05, 3.63) is 84.0 Å². The van der Waals surface area contributed by atoms with Crippen molar-refractivity contribution in [2.75, 3.05) is 0 Å². The average Bonchev–Trinajstić information content (AvgIpc) is 2.62. The van der Waals surface area contributed by atoms with Crippen LogP contribution < -0.4 is 0 Å². The Morgan fingerprint density at radius 1 is 1.07 bits per heavy atom. The van der Waals surface area contributed by atoms with Gasteiger partial charge in [0, 0.05) is 0 Å². The van der Waals surface area contributed by atoms with Crippen LogP contribution in [-0.4, -0.2) is 0 Å². The molecule has 0 fully saturated rings. The van der Waals surface area contributed by atoms with E-state index in [0.29, 0.717) is 5.41 Å². The fourth-order valence-electron chi connectivity index (χ4n) is 4.58. The van der Waals surface area contributed by atoms with Crippen LogP contribution in [0.5, 0.6) is 0 Å². The largest absolute Gasteiger partial charge is 0.0955 e. The average molecular weight is 361 g/mol. The first-order valence-corrected chi connectivity index (χ1v) is 10.4. The SMILES string of the molecule is C=C(C)C(/C=C\C(=C)c1ccc2c(c1)C(=C)CC(CCC)(CCC)C2)=C/C. The lowest BCUT2D eigenvalue weighted by Gasteiger charge is -2.39. The van der Waals surface area contributed by atoms with Crippen LogP contribution in [0, 0.1) is 5.41 Å². The van der Waals surface area contributed by atoms with Gasteiger partial charge < -0.3 is 0 Å². The lowest BCUT2D eigenvalue weighted by Crippen LogP contribution is -2.28. The Labute approximate surface area is 167 Å². The maximum Gasteiger partial charge on any atom is -0.0184 e. The van der Waals surface area contributed by atoms with Crippen LogP contribution in [0.2, 0.25) is 0 Å². The van der Waals surface area contributed by atoms with E-state index in [0.717, 1.165) is 23.1 Å². The minimum absolute atomic E-state index is 0.411. The summed E-state index contributed by atoms with van der Waals surface area (Å²) in [6.45, 7) is 21.4. The van der Waals surface area contributed by atoms with Crippen LogP contribution in [0.4, 0.5) is 0 Å². The van der Waals surface area contributed by atoms with Crippen molar-refractivity contribution in [3.63, 3.8) is 0 Å². The molecule has 1 aliphatic rings. The highest BCUT2D eigenvalue weighted by Crippen LogP contribution is 2.47. The molecule has 2 rings (SSSR count). The van der Waals surface area contributed by atoms with E-state index in [-0.39, 0.29) is 0 Å². The van der Waals surface area contributed by atoms with Gasteiger partial charge in [-0.1, -0.05) is 82.4 Å². The summed E-state index contributed by atoms with van der Waals surface area (Å²) in [4.78, 5) is 0. The predicted molar refractivity (Wildman–Crippen MR) is 123 cm³/mol. The molecule has 0 N–H and O–H groups in total. The zero-order chi connectivity index (χ0) is 20.0. The normalized spacial score (nSPS) is 16.4. The van der Waals surface area contributed by atoms with E-state index in [9.17, 15) is 0 Å². The van der Waals surface area contributed by atoms with Gasteiger partial charge in [0.25, 0.3) is 0 Å². The second kappa shape index (κ2) is 9.22. The van der Waals surface area contributed by atoms with E-state index >= 15 is 0 Å². The van der Waals surface area contributed by atoms with Gasteiger partial charge in [-0.2, -0.15) is 0 Å². The van der Waals surface area contributed by atoms with Gasteiger partial charge in [0.05, 0.1) is 0 Å². The molecule has 27 heavy (non-hydrogen) atoms. The summed E-state index contributed by atoms with van der Waals surface area (Å²) >= 11 is 0. The standard InChI is InChI=1S/C27H36/c1-8-15-27(16-9-2)18-22(7)26-17-24(13-14-25(26)19-27)21(6)11-12-23(10-3)20(4)5/h10-14,17H,4,6-9,15-16,18-19H2,1-3,5H3/b12-11-,23-10+. The van der Waals surface area contributed by atoms with E-state index in [4.69, 9.17) is 0 Å². The molecular formula is C27H36. The molecule has 0 spiro atoms. The summed E-state index contributed by atoms with van der Waals surface area (Å²) in [5.74, 6) is 0. The monoisotopic (exact) mass is 360 g/mol. The summed E-state index contributed by atoms with van der Waals surface area (Å²) in [6.07, 6.45) is 13.7. The van der Waals surface area contributed by atoms with E-state index in [2.05, 4.69) is 70.0 Å². The number of fused-ring (bicyclic) bond motifs is 1. The van der Waals surface area contributed by atoms with E-state index < -0.39 is 0 Å². The third-order valence-electron chi connectivity index (χ3n) is 5.84. The first kappa shape index (κ1) is 21.2. The van der Waals surface area contributed by atoms with Crippen LogP contribution in [0.3, 0.4) is 0 Å². The molecule has 1 aliphatic carbocycles. The van der Waals surface area contributed by atoms with Crippen LogP contribution in [-0.2, 0) is 6.42 Å². The second-order valence-electron chi connectivity index (χ2n) is 8.21. The van der Waals surface area contributed by atoms with Gasteiger partial charge in [0.1, 0.15) is 0 Å². The Bertz CT molecular complexity index is 776. The highest BCUT2D eigenvalue weighted by atomic mass is 14.4. The number of benzene rings is 1. The molecule has 1 aromatic rings. The fraction of sp³-hybridized carbons (Fsp3) is 0.407. The van der Waals surface area contributed by atoms with Crippen molar-refractivity contribution in [1.29, 1.82) is 0 Å². The van der Waals surface area contributed by atoms with E-state index in [1.54, 1.807) is 0 Å². The van der Waals surface area contributed by atoms with E-state index in [1.807, 2.05) is 13.8 Å². The first-order valence-electron chi connectivity index (χ1n) is 10.4. The number of allylic oxidation sites excluding steroid dienone is 7. The molecule has 144 valence electrons. The van der Waals surface area contributed by atoms with Crippen LogP contribution in [0.1, 0.15) is 76.5 Å². The molecule has 0 nitrogen and oxygen atoms in total. The minimum Gasteiger partial charge on any atom is -0.0955 e. The lowest BCUT2D eigenvalue weighted by atomic mass is 9.65. The number of rotatable bonds is 8. The lowest BCUT2D eigenvalue weighted by molar-refractivity contribution is 0.233. The first-order chi connectivity index (χ1) is 12.9. The summed E-state index contributed by atoms with van der Waals surface area (Å²) in [6, 6.07) is 6.83. The Kier molecular flexibility index (Phi) is 7.25. The molecule has 0 amide bonds. The summed E-state index contributed by atoms with van der Waals surface area (Å²) in [5, 5.41) is 0. The maximum absolute atomic E-state index is 4.46. The van der Waals surface area contributed by atoms with Gasteiger partial charge in [0.2, 0.25) is 0 Å². The van der Waals surface area contributed by atoms with Gasteiger partial charge in [-0.05, 0) is 84.4 Å². The molecule has 0 bridgehead atoms. The van der Waals surface area contributed by atoms with Crippen LogP contribution in [0.15, 0.2) is 67.3 Å². The fourth-order valence-corrected chi connectivity index (χ4v) is 4.58. The Morgan fingerprint density at radius 3 is 2.30 bits per heavy atom. The van der Waals surface area contributed by atoms with Gasteiger partial charge >= 0.3 is 0 Å². The molecule has 0 aliphatic heterocycles. The summed E-state index contributed by atoms with van der Waals surface area (Å²) in [7, 11) is 0. The molecule has 1 aromatic carbocycles. The van der Waals surface area contributed by atoms with Crippen molar-refractivity contribution in [1.82, 2.24) is 0 Å². The third-order valence-corrected chi connectivity index (χ3v) is 5.84. The van der Waals surface area contributed by atoms with Crippen molar-refractivity contribution < 1.29 is 0 Å². The third kappa shape index (κ3) is 5.01. The molecule has 0 radical (unpaired) electrons. The van der Waals surface area contributed by atoms with Crippen LogP contribution >= 0.6 is 0 Å². The Balaban J connectivity index is 2.28. The van der Waals surface area contributed by atoms with Crippen molar-refractivity contribution in [2.45, 2.75) is 66.2 Å². The molecule has 0 atom stereocenters. The molecule has 0 saturated carbocycles. The van der Waals surface area contributed by atoms with Crippen molar-refractivity contribution in [3.8, 4) is 0 Å². The maximum atomic E-state index is 4.46. The topological polar surface area (TPSA) is 0 Å². The highest BCUT2D eigenvalue weighted by molar-refractivity contribution is 5.78. The van der Waals surface area contributed by atoms with Crippen LogP contribution in [0.25, 0.3) is 11.1 Å². The van der Waals surface area contributed by atoms with Crippen molar-refractivity contribution >= 4 is 11.1 Å². The number of hydrogen-bond acceptors (Lipinski definition) is 0. The van der Waals surface area contributed by atoms with Gasteiger partial charge in [0.15, 0.2) is 0 Å². The zero-order valence-electron chi connectivity index (χ0n) is 17.8. The summed E-state index contributed by atoms with van der Waals surface area (Å²) < 4.78 is 0. The van der Waals surface area contributed by atoms with Gasteiger partial charge in [-0.3, -0.25) is 0 Å².